The van der Waals surface area contributed by atoms with Crippen LogP contribution in [0.25, 0.3) is 0 Å². The van der Waals surface area contributed by atoms with E-state index in [1.165, 1.54) is 6.20 Å². The highest BCUT2D eigenvalue weighted by atomic mass is 16.4. The van der Waals surface area contributed by atoms with Crippen molar-refractivity contribution in [3.63, 3.8) is 0 Å². The lowest BCUT2D eigenvalue weighted by Gasteiger charge is -2.07. The van der Waals surface area contributed by atoms with Crippen LogP contribution in [0.3, 0.4) is 0 Å². The number of nitrogens with one attached hydrogen (secondary N) is 3. The Balaban J connectivity index is 2.10. The lowest BCUT2D eigenvalue weighted by Crippen LogP contribution is -2.20. The number of aromatic amines is 1. The SMILES string of the molecule is Cc1[nH]cc(NC(=O)Nc2ccccc2)c1C(=O)O. The maximum Gasteiger partial charge on any atom is 0.339 e. The summed E-state index contributed by atoms with van der Waals surface area (Å²) < 4.78 is 0. The Hall–Kier alpha value is -2.76. The van der Waals surface area contributed by atoms with Crippen molar-refractivity contribution in [2.45, 2.75) is 6.92 Å². The monoisotopic (exact) mass is 259 g/mol. The number of carboxylic acid groups (broad SMARTS) is 1. The number of anilines is 2. The minimum atomic E-state index is -1.09. The van der Waals surface area contributed by atoms with E-state index in [1.807, 2.05) is 6.07 Å². The third-order valence-electron chi connectivity index (χ3n) is 2.57. The Labute approximate surface area is 109 Å². The van der Waals surface area contributed by atoms with Crippen molar-refractivity contribution in [2.24, 2.45) is 0 Å². The van der Waals surface area contributed by atoms with Crippen LogP contribution >= 0.6 is 0 Å². The number of carbonyl (C=O) groups is 2. The predicted molar refractivity (Wildman–Crippen MR) is 71.6 cm³/mol. The van der Waals surface area contributed by atoms with Gasteiger partial charge in [0.05, 0.1) is 5.69 Å². The Morgan fingerprint density at radius 3 is 2.47 bits per heavy atom. The van der Waals surface area contributed by atoms with Crippen LogP contribution in [0.4, 0.5) is 16.2 Å². The molecule has 0 saturated heterocycles. The fourth-order valence-corrected chi connectivity index (χ4v) is 1.71. The highest BCUT2D eigenvalue weighted by Gasteiger charge is 2.16. The summed E-state index contributed by atoms with van der Waals surface area (Å²) in [7, 11) is 0. The smallest absolute Gasteiger partial charge is 0.339 e. The number of benzene rings is 1. The van der Waals surface area contributed by atoms with Gasteiger partial charge in [-0.25, -0.2) is 9.59 Å². The molecule has 98 valence electrons. The van der Waals surface area contributed by atoms with Crippen LogP contribution in [-0.2, 0) is 0 Å². The number of carbonyl (C=O) groups excluding carboxylic acids is 1. The summed E-state index contributed by atoms with van der Waals surface area (Å²) in [4.78, 5) is 25.6. The van der Waals surface area contributed by atoms with Crippen LogP contribution in [0.2, 0.25) is 0 Å². The fourth-order valence-electron chi connectivity index (χ4n) is 1.71. The number of carboxylic acids is 1. The van der Waals surface area contributed by atoms with Gasteiger partial charge >= 0.3 is 12.0 Å². The average Bonchev–Trinajstić information content (AvgIpc) is 2.71. The maximum atomic E-state index is 11.7. The van der Waals surface area contributed by atoms with Crippen molar-refractivity contribution in [3.8, 4) is 0 Å². The lowest BCUT2D eigenvalue weighted by atomic mass is 10.2. The van der Waals surface area contributed by atoms with Crippen LogP contribution in [0.5, 0.6) is 0 Å². The zero-order valence-electron chi connectivity index (χ0n) is 10.2. The van der Waals surface area contributed by atoms with E-state index in [9.17, 15) is 9.59 Å². The van der Waals surface area contributed by atoms with Crippen LogP contribution in [0, 0.1) is 6.92 Å². The summed E-state index contributed by atoms with van der Waals surface area (Å²) >= 11 is 0. The number of aromatic carboxylic acids is 1. The van der Waals surface area contributed by atoms with Gasteiger partial charge in [0, 0.05) is 17.6 Å². The molecule has 1 aromatic carbocycles. The van der Waals surface area contributed by atoms with Gasteiger partial charge in [-0.15, -0.1) is 0 Å². The third-order valence-corrected chi connectivity index (χ3v) is 2.57. The summed E-state index contributed by atoms with van der Waals surface area (Å²) in [5.41, 5.74) is 1.41. The molecule has 0 fully saturated rings. The van der Waals surface area contributed by atoms with Gasteiger partial charge in [-0.05, 0) is 19.1 Å². The Morgan fingerprint density at radius 2 is 1.84 bits per heavy atom. The number of hydrogen-bond donors (Lipinski definition) is 4. The molecule has 2 rings (SSSR count). The van der Waals surface area contributed by atoms with Crippen LogP contribution < -0.4 is 10.6 Å². The molecule has 0 bridgehead atoms. The van der Waals surface area contributed by atoms with E-state index in [-0.39, 0.29) is 11.3 Å². The zero-order chi connectivity index (χ0) is 13.8. The van der Waals surface area contributed by atoms with Gasteiger partial charge in [0.1, 0.15) is 5.56 Å². The quantitative estimate of drug-likeness (QED) is 0.682. The molecule has 0 atom stereocenters. The summed E-state index contributed by atoms with van der Waals surface area (Å²) in [5.74, 6) is -1.09. The molecule has 0 unspecified atom stereocenters. The highest BCUT2D eigenvalue weighted by Crippen LogP contribution is 2.19. The molecule has 19 heavy (non-hydrogen) atoms. The molecule has 0 radical (unpaired) electrons. The van der Waals surface area contributed by atoms with E-state index in [2.05, 4.69) is 15.6 Å². The Kier molecular flexibility index (Phi) is 3.51. The number of hydrogen-bond acceptors (Lipinski definition) is 2. The normalized spacial score (nSPS) is 9.95. The molecule has 2 amide bonds. The second kappa shape index (κ2) is 5.26. The first-order valence-corrected chi connectivity index (χ1v) is 5.62. The first kappa shape index (κ1) is 12.7. The van der Waals surface area contributed by atoms with Gasteiger partial charge < -0.3 is 20.7 Å². The molecule has 0 aliphatic carbocycles. The average molecular weight is 259 g/mol. The molecule has 6 heteroatoms. The van der Waals surface area contributed by atoms with Gasteiger partial charge in [-0.2, -0.15) is 0 Å². The molecule has 0 aliphatic heterocycles. The number of H-pyrrole nitrogens is 1. The summed E-state index contributed by atoms with van der Waals surface area (Å²) in [5, 5.41) is 14.2. The van der Waals surface area contributed by atoms with E-state index >= 15 is 0 Å². The summed E-state index contributed by atoms with van der Waals surface area (Å²) in [6.07, 6.45) is 1.45. The van der Waals surface area contributed by atoms with E-state index in [1.54, 1.807) is 31.2 Å². The molecule has 1 heterocycles. The molecule has 0 spiro atoms. The molecular formula is C13H13N3O3. The number of aromatic nitrogens is 1. The van der Waals surface area contributed by atoms with Crippen molar-refractivity contribution < 1.29 is 14.7 Å². The standard InChI is InChI=1S/C13H13N3O3/c1-8-11(12(17)18)10(7-14-8)16-13(19)15-9-5-3-2-4-6-9/h2-7,14H,1H3,(H,17,18)(H2,15,16,19). The van der Waals surface area contributed by atoms with Crippen molar-refractivity contribution in [2.75, 3.05) is 10.6 Å². The second-order valence-corrected chi connectivity index (χ2v) is 3.95. The van der Waals surface area contributed by atoms with Gasteiger partial charge in [0.2, 0.25) is 0 Å². The molecule has 2 aromatic rings. The molecule has 4 N–H and O–H groups in total. The van der Waals surface area contributed by atoms with E-state index in [0.29, 0.717) is 11.4 Å². The molecule has 1 aromatic heterocycles. The molecule has 0 saturated carbocycles. The third kappa shape index (κ3) is 2.92. The number of aryl methyl sites for hydroxylation is 1. The van der Waals surface area contributed by atoms with Crippen LogP contribution in [-0.4, -0.2) is 22.1 Å². The largest absolute Gasteiger partial charge is 0.478 e. The minimum Gasteiger partial charge on any atom is -0.478 e. The fraction of sp³-hybridized carbons (Fsp3) is 0.0769. The zero-order valence-corrected chi connectivity index (χ0v) is 10.2. The van der Waals surface area contributed by atoms with Gasteiger partial charge in [-0.1, -0.05) is 18.2 Å². The van der Waals surface area contributed by atoms with Gasteiger partial charge in [-0.3, -0.25) is 0 Å². The van der Waals surface area contributed by atoms with Gasteiger partial charge in [0.15, 0.2) is 0 Å². The van der Waals surface area contributed by atoms with Crippen LogP contribution in [0.1, 0.15) is 16.1 Å². The van der Waals surface area contributed by atoms with Crippen molar-refractivity contribution >= 4 is 23.4 Å². The number of para-hydroxylation sites is 1. The number of amides is 2. The minimum absolute atomic E-state index is 0.0585. The second-order valence-electron chi connectivity index (χ2n) is 3.95. The van der Waals surface area contributed by atoms with Crippen molar-refractivity contribution in [1.29, 1.82) is 0 Å². The summed E-state index contributed by atoms with van der Waals surface area (Å²) in [6.45, 7) is 1.63. The summed E-state index contributed by atoms with van der Waals surface area (Å²) in [6, 6.07) is 8.39. The first-order valence-electron chi connectivity index (χ1n) is 5.62. The number of rotatable bonds is 3. The lowest BCUT2D eigenvalue weighted by molar-refractivity contribution is 0.0697. The predicted octanol–water partition coefficient (Wildman–Crippen LogP) is 2.67. The molecule has 0 aliphatic rings. The van der Waals surface area contributed by atoms with Crippen molar-refractivity contribution in [3.05, 3.63) is 47.8 Å². The topological polar surface area (TPSA) is 94.2 Å². The highest BCUT2D eigenvalue weighted by molar-refractivity contribution is 6.05. The van der Waals surface area contributed by atoms with E-state index in [0.717, 1.165) is 0 Å². The molecular weight excluding hydrogens is 246 g/mol. The Morgan fingerprint density at radius 1 is 1.16 bits per heavy atom. The Bertz CT molecular complexity index is 605. The van der Waals surface area contributed by atoms with Crippen molar-refractivity contribution in [1.82, 2.24) is 4.98 Å². The van der Waals surface area contributed by atoms with Gasteiger partial charge in [0.25, 0.3) is 0 Å². The molecule has 6 nitrogen and oxygen atoms in total. The number of urea groups is 1. The maximum absolute atomic E-state index is 11.7. The first-order chi connectivity index (χ1) is 9.08. The van der Waals surface area contributed by atoms with E-state index < -0.39 is 12.0 Å². The van der Waals surface area contributed by atoms with Crippen LogP contribution in [0.15, 0.2) is 36.5 Å². The van der Waals surface area contributed by atoms with E-state index in [4.69, 9.17) is 5.11 Å².